The van der Waals surface area contributed by atoms with Gasteiger partial charge in [0.1, 0.15) is 0 Å². The highest BCUT2D eigenvalue weighted by atomic mass is 35.5. The van der Waals surface area contributed by atoms with Crippen LogP contribution in [0.25, 0.3) is 0 Å². The van der Waals surface area contributed by atoms with Crippen molar-refractivity contribution in [3.8, 4) is 5.75 Å². The maximum atomic E-state index is 13.7. The number of aryl methyl sites for hydroxylation is 1. The van der Waals surface area contributed by atoms with Crippen LogP contribution >= 0.6 is 11.6 Å². The Morgan fingerprint density at radius 2 is 2.00 bits per heavy atom. The normalized spacial score (nSPS) is 12.2. The minimum atomic E-state index is -0.370. The number of hydrogen-bond acceptors (Lipinski definition) is 2. The number of ether oxygens (including phenoxy) is 1. The number of benzene rings is 2. The summed E-state index contributed by atoms with van der Waals surface area (Å²) < 4.78 is 18.6. The molecule has 0 amide bonds. The Labute approximate surface area is 123 Å². The molecule has 20 heavy (non-hydrogen) atoms. The van der Waals surface area contributed by atoms with E-state index in [0.29, 0.717) is 11.4 Å². The predicted molar refractivity (Wildman–Crippen MR) is 79.8 cm³/mol. The second kappa shape index (κ2) is 6.25. The van der Waals surface area contributed by atoms with Crippen molar-refractivity contribution >= 4 is 11.6 Å². The summed E-state index contributed by atoms with van der Waals surface area (Å²) in [6.07, 6.45) is 0.559. The van der Waals surface area contributed by atoms with E-state index < -0.39 is 0 Å². The molecule has 0 aromatic heterocycles. The Bertz CT molecular complexity index is 615. The number of nitrogens with two attached hydrogens (primary N) is 1. The molecule has 0 fully saturated rings. The van der Waals surface area contributed by atoms with E-state index in [1.165, 1.54) is 13.2 Å². The fourth-order valence-corrected chi connectivity index (χ4v) is 2.48. The van der Waals surface area contributed by atoms with Crippen LogP contribution in [0.15, 0.2) is 36.4 Å². The molecule has 4 heteroatoms. The van der Waals surface area contributed by atoms with Gasteiger partial charge in [-0.25, -0.2) is 4.39 Å². The zero-order chi connectivity index (χ0) is 14.7. The van der Waals surface area contributed by atoms with Gasteiger partial charge in [-0.1, -0.05) is 23.7 Å². The van der Waals surface area contributed by atoms with E-state index >= 15 is 0 Å². The van der Waals surface area contributed by atoms with Crippen molar-refractivity contribution in [2.45, 2.75) is 19.4 Å². The van der Waals surface area contributed by atoms with E-state index in [0.717, 1.165) is 16.7 Å². The van der Waals surface area contributed by atoms with Crippen molar-refractivity contribution in [1.29, 1.82) is 0 Å². The van der Waals surface area contributed by atoms with Gasteiger partial charge in [0.05, 0.1) is 7.11 Å². The van der Waals surface area contributed by atoms with E-state index in [1.54, 1.807) is 6.07 Å². The molecular formula is C16H17ClFNO. The topological polar surface area (TPSA) is 35.2 Å². The summed E-state index contributed by atoms with van der Waals surface area (Å²) in [5.74, 6) is -0.130. The summed E-state index contributed by atoms with van der Waals surface area (Å²) in [5, 5.41) is 0.689. The third-order valence-corrected chi connectivity index (χ3v) is 3.54. The second-order valence-electron chi connectivity index (χ2n) is 4.78. The van der Waals surface area contributed by atoms with Crippen molar-refractivity contribution < 1.29 is 9.13 Å². The van der Waals surface area contributed by atoms with E-state index in [2.05, 4.69) is 0 Å². The molecule has 2 aromatic carbocycles. The first-order chi connectivity index (χ1) is 9.51. The van der Waals surface area contributed by atoms with Crippen molar-refractivity contribution in [2.75, 3.05) is 7.11 Å². The zero-order valence-electron chi connectivity index (χ0n) is 11.5. The number of halogens is 2. The molecule has 2 rings (SSSR count). The van der Waals surface area contributed by atoms with Crippen LogP contribution in [0.1, 0.15) is 22.7 Å². The summed E-state index contributed by atoms with van der Waals surface area (Å²) in [7, 11) is 1.45. The summed E-state index contributed by atoms with van der Waals surface area (Å²) in [5.41, 5.74) is 9.10. The third kappa shape index (κ3) is 3.30. The van der Waals surface area contributed by atoms with Crippen molar-refractivity contribution in [1.82, 2.24) is 0 Å². The summed E-state index contributed by atoms with van der Waals surface area (Å²) in [4.78, 5) is 0. The fraction of sp³-hybridized carbons (Fsp3) is 0.250. The molecule has 106 valence electrons. The van der Waals surface area contributed by atoms with Gasteiger partial charge >= 0.3 is 0 Å². The maximum Gasteiger partial charge on any atom is 0.165 e. The van der Waals surface area contributed by atoms with Gasteiger partial charge in [-0.2, -0.15) is 0 Å². The number of methoxy groups -OCH3 is 1. The van der Waals surface area contributed by atoms with Crippen LogP contribution < -0.4 is 10.5 Å². The molecule has 0 aliphatic carbocycles. The highest BCUT2D eigenvalue weighted by Gasteiger charge is 2.12. The molecule has 2 N–H and O–H groups in total. The molecule has 0 bridgehead atoms. The highest BCUT2D eigenvalue weighted by Crippen LogP contribution is 2.24. The number of hydrogen-bond donors (Lipinski definition) is 1. The first kappa shape index (κ1) is 14.8. The molecule has 0 saturated heterocycles. The van der Waals surface area contributed by atoms with Crippen LogP contribution in [0, 0.1) is 12.7 Å². The van der Waals surface area contributed by atoms with Crippen LogP contribution in [0.5, 0.6) is 5.75 Å². The Morgan fingerprint density at radius 1 is 1.25 bits per heavy atom. The molecule has 0 spiro atoms. The monoisotopic (exact) mass is 293 g/mol. The predicted octanol–water partition coefficient (Wildman–Crippen LogP) is 4.04. The molecule has 2 nitrogen and oxygen atoms in total. The minimum Gasteiger partial charge on any atom is -0.494 e. The maximum absolute atomic E-state index is 13.7. The van der Waals surface area contributed by atoms with Gasteiger partial charge in [-0.3, -0.25) is 0 Å². The van der Waals surface area contributed by atoms with E-state index in [1.807, 2.05) is 31.2 Å². The lowest BCUT2D eigenvalue weighted by molar-refractivity contribution is 0.386. The first-order valence-corrected chi connectivity index (χ1v) is 6.73. The Kier molecular flexibility index (Phi) is 4.63. The largest absolute Gasteiger partial charge is 0.494 e. The fourth-order valence-electron chi connectivity index (χ4n) is 2.26. The van der Waals surface area contributed by atoms with Crippen LogP contribution in [0.3, 0.4) is 0 Å². The van der Waals surface area contributed by atoms with Crippen molar-refractivity contribution in [3.05, 3.63) is 63.9 Å². The summed E-state index contributed by atoms with van der Waals surface area (Å²) >= 11 is 5.93. The van der Waals surface area contributed by atoms with E-state index in [4.69, 9.17) is 22.1 Å². The van der Waals surface area contributed by atoms with Crippen LogP contribution in [0.4, 0.5) is 4.39 Å². The van der Waals surface area contributed by atoms with Crippen molar-refractivity contribution in [3.63, 3.8) is 0 Å². The van der Waals surface area contributed by atoms with Gasteiger partial charge < -0.3 is 10.5 Å². The van der Waals surface area contributed by atoms with Crippen LogP contribution in [0.2, 0.25) is 5.02 Å². The Morgan fingerprint density at radius 3 is 2.60 bits per heavy atom. The first-order valence-electron chi connectivity index (χ1n) is 6.35. The standard InChI is InChI=1S/C16H17ClFNO/c1-10-7-12(17)4-5-13(10)15(19)9-11-3-6-16(20-2)14(18)8-11/h3-8,15H,9,19H2,1-2H3. The van der Waals surface area contributed by atoms with Crippen LogP contribution in [-0.4, -0.2) is 7.11 Å². The molecular weight excluding hydrogens is 277 g/mol. The van der Waals surface area contributed by atoms with Crippen LogP contribution in [-0.2, 0) is 6.42 Å². The van der Waals surface area contributed by atoms with E-state index in [9.17, 15) is 4.39 Å². The molecule has 1 atom stereocenters. The Hall–Kier alpha value is -1.58. The molecule has 2 aromatic rings. The zero-order valence-corrected chi connectivity index (χ0v) is 12.2. The van der Waals surface area contributed by atoms with Gasteiger partial charge in [-0.05, 0) is 54.3 Å². The third-order valence-electron chi connectivity index (χ3n) is 3.30. The molecule has 0 radical (unpaired) electrons. The quantitative estimate of drug-likeness (QED) is 0.923. The molecule has 0 saturated carbocycles. The molecule has 0 aliphatic heterocycles. The lowest BCUT2D eigenvalue weighted by atomic mass is 9.96. The summed E-state index contributed by atoms with van der Waals surface area (Å²) in [6, 6.07) is 10.3. The summed E-state index contributed by atoms with van der Waals surface area (Å²) in [6.45, 7) is 1.97. The second-order valence-corrected chi connectivity index (χ2v) is 5.22. The highest BCUT2D eigenvalue weighted by molar-refractivity contribution is 6.30. The average Bonchev–Trinajstić information content (AvgIpc) is 2.38. The number of rotatable bonds is 4. The SMILES string of the molecule is COc1ccc(CC(N)c2ccc(Cl)cc2C)cc1F. The van der Waals surface area contributed by atoms with Gasteiger partial charge in [0.25, 0.3) is 0 Å². The molecule has 1 unspecified atom stereocenters. The van der Waals surface area contributed by atoms with Gasteiger partial charge in [0.2, 0.25) is 0 Å². The van der Waals surface area contributed by atoms with Gasteiger partial charge in [0.15, 0.2) is 11.6 Å². The lowest BCUT2D eigenvalue weighted by Crippen LogP contribution is -2.14. The van der Waals surface area contributed by atoms with Gasteiger partial charge in [-0.15, -0.1) is 0 Å². The Balaban J connectivity index is 2.18. The average molecular weight is 294 g/mol. The minimum absolute atomic E-state index is 0.194. The van der Waals surface area contributed by atoms with Crippen molar-refractivity contribution in [2.24, 2.45) is 5.73 Å². The smallest absolute Gasteiger partial charge is 0.165 e. The molecule has 0 aliphatic rings. The van der Waals surface area contributed by atoms with E-state index in [-0.39, 0.29) is 17.6 Å². The molecule has 0 heterocycles. The lowest BCUT2D eigenvalue weighted by Gasteiger charge is -2.15. The van der Waals surface area contributed by atoms with Gasteiger partial charge in [0, 0.05) is 11.1 Å².